The van der Waals surface area contributed by atoms with Crippen LogP contribution in [0.1, 0.15) is 23.8 Å². The van der Waals surface area contributed by atoms with Crippen LogP contribution in [0.2, 0.25) is 0 Å². The summed E-state index contributed by atoms with van der Waals surface area (Å²) in [6.45, 7) is 2.25. The lowest BCUT2D eigenvalue weighted by Crippen LogP contribution is -2.39. The summed E-state index contributed by atoms with van der Waals surface area (Å²) in [6, 6.07) is 15.7. The number of benzene rings is 2. The summed E-state index contributed by atoms with van der Waals surface area (Å²) in [6.07, 6.45) is 2.23. The van der Waals surface area contributed by atoms with Gasteiger partial charge in [0.1, 0.15) is 5.75 Å². The maximum atomic E-state index is 12.4. The zero-order valence-electron chi connectivity index (χ0n) is 15.4. The first-order valence-electron chi connectivity index (χ1n) is 9.23. The van der Waals surface area contributed by atoms with Gasteiger partial charge >= 0.3 is 0 Å². The van der Waals surface area contributed by atoms with Crippen molar-refractivity contribution in [1.82, 2.24) is 9.88 Å². The van der Waals surface area contributed by atoms with Crippen LogP contribution in [0.5, 0.6) is 5.75 Å². The number of rotatable bonds is 5. The smallest absolute Gasteiger partial charge is 0.238 e. The molecule has 2 aromatic carbocycles. The average molecular weight is 382 g/mol. The first-order chi connectivity index (χ1) is 13.2. The van der Waals surface area contributed by atoms with E-state index in [1.807, 2.05) is 30.3 Å². The SMILES string of the molecule is COc1ccc(NC(=O)CN2CCC[C@H](c3nc4ccccc4s3)C2)cc1. The maximum absolute atomic E-state index is 12.4. The summed E-state index contributed by atoms with van der Waals surface area (Å²) in [4.78, 5) is 19.5. The lowest BCUT2D eigenvalue weighted by atomic mass is 9.99. The molecule has 1 fully saturated rings. The van der Waals surface area contributed by atoms with Crippen molar-refractivity contribution >= 4 is 33.1 Å². The molecule has 27 heavy (non-hydrogen) atoms. The molecule has 5 nitrogen and oxygen atoms in total. The minimum absolute atomic E-state index is 0.0186. The second kappa shape index (κ2) is 8.06. The molecule has 3 aromatic rings. The van der Waals surface area contributed by atoms with E-state index in [1.54, 1.807) is 18.4 Å². The third-order valence-corrected chi connectivity index (χ3v) is 6.11. The molecule has 4 rings (SSSR count). The normalized spacial score (nSPS) is 17.7. The van der Waals surface area contributed by atoms with Gasteiger partial charge < -0.3 is 10.1 Å². The minimum atomic E-state index is 0.0186. The number of nitrogens with one attached hydrogen (secondary N) is 1. The number of piperidine rings is 1. The van der Waals surface area contributed by atoms with Gasteiger partial charge in [-0.25, -0.2) is 4.98 Å². The molecule has 1 aliphatic rings. The number of fused-ring (bicyclic) bond motifs is 1. The van der Waals surface area contributed by atoms with E-state index in [9.17, 15) is 4.79 Å². The molecule has 6 heteroatoms. The van der Waals surface area contributed by atoms with Crippen molar-refractivity contribution in [2.75, 3.05) is 32.1 Å². The first-order valence-corrected chi connectivity index (χ1v) is 10.0. The molecule has 0 spiro atoms. The van der Waals surface area contributed by atoms with Crippen molar-refractivity contribution in [3.63, 3.8) is 0 Å². The minimum Gasteiger partial charge on any atom is -0.497 e. The Bertz CT molecular complexity index is 890. The molecule has 0 saturated carbocycles. The van der Waals surface area contributed by atoms with Crippen LogP contribution in [-0.2, 0) is 4.79 Å². The molecule has 1 saturated heterocycles. The van der Waals surface area contributed by atoms with Crippen LogP contribution in [-0.4, -0.2) is 42.5 Å². The largest absolute Gasteiger partial charge is 0.497 e. The monoisotopic (exact) mass is 381 g/mol. The van der Waals surface area contributed by atoms with Crippen LogP contribution in [0.25, 0.3) is 10.2 Å². The third-order valence-electron chi connectivity index (χ3n) is 4.91. The number of thiazole rings is 1. The van der Waals surface area contributed by atoms with Crippen LogP contribution < -0.4 is 10.1 Å². The van der Waals surface area contributed by atoms with E-state index in [0.29, 0.717) is 12.5 Å². The second-order valence-corrected chi connectivity index (χ2v) is 7.93. The number of para-hydroxylation sites is 1. The molecule has 0 unspecified atom stereocenters. The lowest BCUT2D eigenvalue weighted by molar-refractivity contribution is -0.117. The fraction of sp³-hybridized carbons (Fsp3) is 0.333. The fourth-order valence-electron chi connectivity index (χ4n) is 3.54. The molecule has 1 amide bonds. The number of carbonyl (C=O) groups excluding carboxylic acids is 1. The van der Waals surface area contributed by atoms with E-state index in [1.165, 1.54) is 9.71 Å². The van der Waals surface area contributed by atoms with Crippen LogP contribution in [0.4, 0.5) is 5.69 Å². The van der Waals surface area contributed by atoms with Gasteiger partial charge in [-0.15, -0.1) is 11.3 Å². The van der Waals surface area contributed by atoms with Crippen LogP contribution in [0.15, 0.2) is 48.5 Å². The van der Waals surface area contributed by atoms with Gasteiger partial charge in [0.25, 0.3) is 0 Å². The number of carbonyl (C=O) groups is 1. The molecule has 1 N–H and O–H groups in total. The zero-order chi connectivity index (χ0) is 18.6. The van der Waals surface area contributed by atoms with Crippen molar-refractivity contribution in [2.45, 2.75) is 18.8 Å². The summed E-state index contributed by atoms with van der Waals surface area (Å²) in [5.41, 5.74) is 1.87. The maximum Gasteiger partial charge on any atom is 0.238 e. The highest BCUT2D eigenvalue weighted by molar-refractivity contribution is 7.18. The fourth-order valence-corrected chi connectivity index (χ4v) is 4.64. The Hall–Kier alpha value is -2.44. The van der Waals surface area contributed by atoms with E-state index in [2.05, 4.69) is 28.4 Å². The number of likely N-dealkylation sites (tertiary alicyclic amines) is 1. The molecular formula is C21H23N3O2S. The van der Waals surface area contributed by atoms with Crippen molar-refractivity contribution in [1.29, 1.82) is 0 Å². The first kappa shape index (κ1) is 17.9. The van der Waals surface area contributed by atoms with Crippen LogP contribution in [0, 0.1) is 0 Å². The number of aromatic nitrogens is 1. The predicted octanol–water partition coefficient (Wildman–Crippen LogP) is 4.12. The molecule has 0 radical (unpaired) electrons. The Morgan fingerprint density at radius 1 is 1.26 bits per heavy atom. The van der Waals surface area contributed by atoms with Crippen molar-refractivity contribution in [2.24, 2.45) is 0 Å². The Labute approximate surface area is 163 Å². The van der Waals surface area contributed by atoms with Gasteiger partial charge in [0.05, 0.1) is 28.9 Å². The molecule has 140 valence electrons. The van der Waals surface area contributed by atoms with Crippen molar-refractivity contribution in [3.05, 3.63) is 53.5 Å². The number of hydrogen-bond donors (Lipinski definition) is 1. The highest BCUT2D eigenvalue weighted by Crippen LogP contribution is 2.32. The molecule has 0 aliphatic carbocycles. The van der Waals surface area contributed by atoms with Crippen molar-refractivity contribution < 1.29 is 9.53 Å². The topological polar surface area (TPSA) is 54.5 Å². The van der Waals surface area contributed by atoms with Gasteiger partial charge in [0.2, 0.25) is 5.91 Å². The van der Waals surface area contributed by atoms with E-state index in [0.717, 1.165) is 42.9 Å². The van der Waals surface area contributed by atoms with Crippen molar-refractivity contribution in [3.8, 4) is 5.75 Å². The number of nitrogens with zero attached hydrogens (tertiary/aromatic N) is 2. The highest BCUT2D eigenvalue weighted by atomic mass is 32.1. The highest BCUT2D eigenvalue weighted by Gasteiger charge is 2.25. The third kappa shape index (κ3) is 4.28. The summed E-state index contributed by atoms with van der Waals surface area (Å²) >= 11 is 1.78. The van der Waals surface area contributed by atoms with E-state index in [4.69, 9.17) is 9.72 Å². The number of anilines is 1. The Morgan fingerprint density at radius 2 is 2.07 bits per heavy atom. The predicted molar refractivity (Wildman–Crippen MR) is 110 cm³/mol. The second-order valence-electron chi connectivity index (χ2n) is 6.87. The van der Waals surface area contributed by atoms with Gasteiger partial charge in [0, 0.05) is 18.2 Å². The molecule has 2 heterocycles. The Balaban J connectivity index is 1.36. The number of hydrogen-bond acceptors (Lipinski definition) is 5. The lowest BCUT2D eigenvalue weighted by Gasteiger charge is -2.31. The average Bonchev–Trinajstić information content (AvgIpc) is 3.13. The summed E-state index contributed by atoms with van der Waals surface area (Å²) in [5, 5.41) is 4.16. The summed E-state index contributed by atoms with van der Waals surface area (Å²) in [7, 11) is 1.63. The molecule has 1 atom stereocenters. The van der Waals surface area contributed by atoms with Gasteiger partial charge in [-0.1, -0.05) is 12.1 Å². The van der Waals surface area contributed by atoms with Gasteiger partial charge in [-0.2, -0.15) is 0 Å². The molecular weight excluding hydrogens is 358 g/mol. The molecule has 0 bridgehead atoms. The number of amides is 1. The number of methoxy groups -OCH3 is 1. The standard InChI is InChI=1S/C21H23N3O2S/c1-26-17-10-8-16(9-11-17)22-20(25)14-24-12-4-5-15(13-24)21-23-18-6-2-3-7-19(18)27-21/h2-3,6-11,15H,4-5,12-14H2,1H3,(H,22,25)/t15-/m0/s1. The van der Waals surface area contributed by atoms with Gasteiger partial charge in [-0.05, 0) is 55.8 Å². The summed E-state index contributed by atoms with van der Waals surface area (Å²) in [5.74, 6) is 1.21. The quantitative estimate of drug-likeness (QED) is 0.722. The van der Waals surface area contributed by atoms with Gasteiger partial charge in [0.15, 0.2) is 0 Å². The molecule has 1 aromatic heterocycles. The van der Waals surface area contributed by atoms with Gasteiger partial charge in [-0.3, -0.25) is 9.69 Å². The van der Waals surface area contributed by atoms with E-state index < -0.39 is 0 Å². The Morgan fingerprint density at radius 3 is 2.85 bits per heavy atom. The van der Waals surface area contributed by atoms with E-state index in [-0.39, 0.29) is 5.91 Å². The zero-order valence-corrected chi connectivity index (χ0v) is 16.2. The Kier molecular flexibility index (Phi) is 5.36. The number of ether oxygens (including phenoxy) is 1. The molecule has 1 aliphatic heterocycles. The van der Waals surface area contributed by atoms with Crippen LogP contribution >= 0.6 is 11.3 Å². The van der Waals surface area contributed by atoms with Crippen LogP contribution in [0.3, 0.4) is 0 Å². The summed E-state index contributed by atoms with van der Waals surface area (Å²) < 4.78 is 6.38. The van der Waals surface area contributed by atoms with E-state index >= 15 is 0 Å².